The van der Waals surface area contributed by atoms with Crippen molar-refractivity contribution in [2.45, 2.75) is 46.1 Å². The van der Waals surface area contributed by atoms with E-state index in [9.17, 15) is 9.59 Å². The summed E-state index contributed by atoms with van der Waals surface area (Å²) in [6.45, 7) is 9.65. The molecule has 1 heterocycles. The van der Waals surface area contributed by atoms with E-state index < -0.39 is 17.1 Å². The molecule has 0 radical (unpaired) electrons. The normalized spacial score (nSPS) is 11.9. The number of hydrogen-bond donors (Lipinski definition) is 1. The third-order valence-corrected chi connectivity index (χ3v) is 2.61. The molecule has 0 aliphatic rings. The van der Waals surface area contributed by atoms with Crippen LogP contribution in [0.2, 0.25) is 0 Å². The van der Waals surface area contributed by atoms with Crippen molar-refractivity contribution in [2.75, 3.05) is 0 Å². The predicted octanol–water partition coefficient (Wildman–Crippen LogP) is 2.42. The Morgan fingerprint density at radius 1 is 1.29 bits per heavy atom. The Morgan fingerprint density at radius 2 is 1.82 bits per heavy atom. The molecule has 1 aromatic rings. The predicted molar refractivity (Wildman–Crippen MR) is 66.7 cm³/mol. The van der Waals surface area contributed by atoms with Crippen molar-refractivity contribution >= 4 is 5.97 Å². The van der Waals surface area contributed by atoms with E-state index in [0.29, 0.717) is 0 Å². The van der Waals surface area contributed by atoms with Gasteiger partial charge in [0.05, 0.1) is 0 Å². The number of pyridine rings is 1. The molecular weight excluding hydrogens is 218 g/mol. The fourth-order valence-corrected chi connectivity index (χ4v) is 1.86. The molecule has 0 bridgehead atoms. The summed E-state index contributed by atoms with van der Waals surface area (Å²) in [4.78, 5) is 23.1. The molecule has 0 atom stereocenters. The maximum atomic E-state index is 12.2. The summed E-state index contributed by atoms with van der Waals surface area (Å²) >= 11 is 0. The van der Waals surface area contributed by atoms with E-state index in [2.05, 4.69) is 0 Å². The minimum absolute atomic E-state index is 0.171. The molecule has 1 aromatic heterocycles. The highest BCUT2D eigenvalue weighted by Crippen LogP contribution is 2.20. The van der Waals surface area contributed by atoms with E-state index in [4.69, 9.17) is 5.11 Å². The quantitative estimate of drug-likeness (QED) is 0.859. The first-order valence-electron chi connectivity index (χ1n) is 5.66. The van der Waals surface area contributed by atoms with E-state index in [1.54, 1.807) is 10.6 Å². The number of aromatic carboxylic acids is 1. The zero-order chi connectivity index (χ0) is 13.4. The van der Waals surface area contributed by atoms with Gasteiger partial charge >= 0.3 is 5.97 Å². The molecule has 0 unspecified atom stereocenters. The lowest BCUT2D eigenvalue weighted by Gasteiger charge is -2.28. The summed E-state index contributed by atoms with van der Waals surface area (Å²) in [6.07, 6.45) is 0. The van der Waals surface area contributed by atoms with Crippen LogP contribution < -0.4 is 5.56 Å². The van der Waals surface area contributed by atoms with E-state index >= 15 is 0 Å². The van der Waals surface area contributed by atoms with Crippen LogP contribution in [0.25, 0.3) is 0 Å². The first-order valence-corrected chi connectivity index (χ1v) is 5.66. The Morgan fingerprint density at radius 3 is 2.18 bits per heavy atom. The molecule has 17 heavy (non-hydrogen) atoms. The number of rotatable bonds is 2. The van der Waals surface area contributed by atoms with Crippen LogP contribution >= 0.6 is 0 Å². The van der Waals surface area contributed by atoms with E-state index in [1.807, 2.05) is 34.6 Å². The molecule has 0 amide bonds. The SMILES string of the molecule is CC(C)c1ccc(C(=O)O)c(=O)n1C(C)(C)C. The van der Waals surface area contributed by atoms with Crippen molar-refractivity contribution < 1.29 is 9.90 Å². The molecule has 1 rings (SSSR count). The number of nitrogens with zero attached hydrogens (tertiary/aromatic N) is 1. The maximum Gasteiger partial charge on any atom is 0.341 e. The summed E-state index contributed by atoms with van der Waals surface area (Å²) in [5.74, 6) is -1.01. The largest absolute Gasteiger partial charge is 0.477 e. The molecule has 94 valence electrons. The highest BCUT2D eigenvalue weighted by molar-refractivity contribution is 5.87. The number of carbonyl (C=O) groups is 1. The highest BCUT2D eigenvalue weighted by Gasteiger charge is 2.23. The fourth-order valence-electron chi connectivity index (χ4n) is 1.86. The van der Waals surface area contributed by atoms with Crippen molar-refractivity contribution in [1.29, 1.82) is 0 Å². The molecule has 4 nitrogen and oxygen atoms in total. The van der Waals surface area contributed by atoms with Crippen molar-refractivity contribution in [1.82, 2.24) is 4.57 Å². The van der Waals surface area contributed by atoms with Crippen LogP contribution in [0.1, 0.15) is 56.6 Å². The van der Waals surface area contributed by atoms with Crippen molar-refractivity contribution in [3.8, 4) is 0 Å². The van der Waals surface area contributed by atoms with Gasteiger partial charge in [-0.1, -0.05) is 13.8 Å². The molecule has 0 aliphatic heterocycles. The Balaban J connectivity index is 3.66. The summed E-state index contributed by atoms with van der Waals surface area (Å²) in [5, 5.41) is 8.97. The summed E-state index contributed by atoms with van der Waals surface area (Å²) in [5.41, 5.74) is -0.185. The van der Waals surface area contributed by atoms with Crippen molar-refractivity contribution in [3.05, 3.63) is 33.7 Å². The van der Waals surface area contributed by atoms with Gasteiger partial charge in [0.2, 0.25) is 0 Å². The average molecular weight is 237 g/mol. The maximum absolute atomic E-state index is 12.2. The van der Waals surface area contributed by atoms with Gasteiger partial charge in [0.25, 0.3) is 5.56 Å². The average Bonchev–Trinajstić information content (AvgIpc) is 2.14. The first-order chi connectivity index (χ1) is 7.66. The molecular formula is C13H19NO3. The summed E-state index contributed by atoms with van der Waals surface area (Å²) in [6, 6.07) is 3.11. The second-order valence-corrected chi connectivity index (χ2v) is 5.44. The van der Waals surface area contributed by atoms with Gasteiger partial charge < -0.3 is 9.67 Å². The smallest absolute Gasteiger partial charge is 0.341 e. The Kier molecular flexibility index (Phi) is 3.45. The van der Waals surface area contributed by atoms with E-state index in [1.165, 1.54) is 6.07 Å². The minimum Gasteiger partial charge on any atom is -0.477 e. The van der Waals surface area contributed by atoms with Gasteiger partial charge in [0, 0.05) is 11.2 Å². The standard InChI is InChI=1S/C13H19NO3/c1-8(2)10-7-6-9(12(16)17)11(15)14(10)13(3,4)5/h6-8H,1-5H3,(H,16,17). The molecule has 0 saturated carbocycles. The molecule has 0 saturated heterocycles. The first kappa shape index (κ1) is 13.5. The van der Waals surface area contributed by atoms with Crippen LogP contribution in [0.15, 0.2) is 16.9 Å². The molecule has 1 N–H and O–H groups in total. The van der Waals surface area contributed by atoms with Crippen LogP contribution in [0.4, 0.5) is 0 Å². The van der Waals surface area contributed by atoms with Crippen LogP contribution in [0, 0.1) is 0 Å². The van der Waals surface area contributed by atoms with Crippen LogP contribution in [-0.4, -0.2) is 15.6 Å². The summed E-state index contributed by atoms with van der Waals surface area (Å²) in [7, 11) is 0. The van der Waals surface area contributed by atoms with Gasteiger partial charge in [0.15, 0.2) is 0 Å². The number of hydrogen-bond acceptors (Lipinski definition) is 2. The minimum atomic E-state index is -1.18. The summed E-state index contributed by atoms with van der Waals surface area (Å²) < 4.78 is 1.57. The van der Waals surface area contributed by atoms with E-state index in [-0.39, 0.29) is 11.5 Å². The van der Waals surface area contributed by atoms with Gasteiger partial charge in [-0.3, -0.25) is 4.79 Å². The second-order valence-electron chi connectivity index (χ2n) is 5.44. The highest BCUT2D eigenvalue weighted by atomic mass is 16.4. The third kappa shape index (κ3) is 2.57. The van der Waals surface area contributed by atoms with Crippen LogP contribution in [0.5, 0.6) is 0 Å². The van der Waals surface area contributed by atoms with Gasteiger partial charge in [-0.05, 0) is 38.8 Å². The lowest BCUT2D eigenvalue weighted by Crippen LogP contribution is -2.39. The Hall–Kier alpha value is -1.58. The molecule has 4 heteroatoms. The fraction of sp³-hybridized carbons (Fsp3) is 0.538. The Labute approximate surface area is 101 Å². The molecule has 0 spiro atoms. The lowest BCUT2D eigenvalue weighted by molar-refractivity contribution is 0.0693. The Bertz CT molecular complexity index is 492. The second kappa shape index (κ2) is 4.35. The number of carboxylic acid groups (broad SMARTS) is 1. The van der Waals surface area contributed by atoms with Gasteiger partial charge in [-0.2, -0.15) is 0 Å². The van der Waals surface area contributed by atoms with Crippen LogP contribution in [0.3, 0.4) is 0 Å². The molecule has 0 aliphatic carbocycles. The number of aromatic nitrogens is 1. The zero-order valence-electron chi connectivity index (χ0n) is 10.9. The monoisotopic (exact) mass is 237 g/mol. The zero-order valence-corrected chi connectivity index (χ0v) is 10.9. The van der Waals surface area contributed by atoms with Crippen molar-refractivity contribution in [3.63, 3.8) is 0 Å². The molecule has 0 aromatic carbocycles. The van der Waals surface area contributed by atoms with Gasteiger partial charge in [0.1, 0.15) is 5.56 Å². The van der Waals surface area contributed by atoms with Gasteiger partial charge in [-0.15, -0.1) is 0 Å². The van der Waals surface area contributed by atoms with Gasteiger partial charge in [-0.25, -0.2) is 4.79 Å². The number of carboxylic acids is 1. The van der Waals surface area contributed by atoms with Crippen molar-refractivity contribution in [2.24, 2.45) is 0 Å². The third-order valence-electron chi connectivity index (χ3n) is 2.61. The molecule has 0 fully saturated rings. The topological polar surface area (TPSA) is 59.3 Å². The van der Waals surface area contributed by atoms with Crippen LogP contribution in [-0.2, 0) is 5.54 Å². The lowest BCUT2D eigenvalue weighted by atomic mass is 10.0. The van der Waals surface area contributed by atoms with E-state index in [0.717, 1.165) is 5.69 Å².